The molecule has 0 spiro atoms. The first-order chi connectivity index (χ1) is 28.0. The summed E-state index contributed by atoms with van der Waals surface area (Å²) in [6, 6.07) is 22.8. The number of rotatable bonds is 20. The van der Waals surface area contributed by atoms with Gasteiger partial charge in [0.2, 0.25) is 5.91 Å². The number of carbonyl (C=O) groups excluding carboxylic acids is 3. The van der Waals surface area contributed by atoms with Crippen LogP contribution in [0.15, 0.2) is 72.8 Å². The number of nitrogens with one attached hydrogen (secondary N) is 1. The van der Waals surface area contributed by atoms with Crippen molar-refractivity contribution in [3.63, 3.8) is 0 Å². The number of nitrogens with two attached hydrogens (primary N) is 3. The van der Waals surface area contributed by atoms with E-state index in [2.05, 4.69) is 19.2 Å². The molecule has 312 valence electrons. The molecule has 58 heavy (non-hydrogen) atoms. The molecule has 0 aliphatic heterocycles. The first kappa shape index (κ1) is 42.8. The topological polar surface area (TPSA) is 181 Å². The molecule has 2 saturated carbocycles. The minimum atomic E-state index is -0.505. The first-order valence-corrected chi connectivity index (χ1v) is 20.8. The Hall–Kier alpha value is -4.75. The number of primary amides is 1. The normalized spacial score (nSPS) is 23.8. The number of Topliss-reactive ketones (excluding diaryl/α,β-unsaturated/α-hetero) is 1. The van der Waals surface area contributed by atoms with E-state index < -0.39 is 11.8 Å². The van der Waals surface area contributed by atoms with Gasteiger partial charge < -0.3 is 40.7 Å². The number of carbonyl (C=O) groups is 3. The van der Waals surface area contributed by atoms with Crippen molar-refractivity contribution < 1.29 is 33.3 Å². The molecule has 3 aromatic rings. The van der Waals surface area contributed by atoms with Gasteiger partial charge in [-0.25, -0.2) is 5.84 Å². The van der Waals surface area contributed by atoms with Crippen LogP contribution in [0, 0.1) is 17.8 Å². The van der Waals surface area contributed by atoms with Crippen LogP contribution in [-0.2, 0) is 30.2 Å². The molecule has 0 saturated heterocycles. The van der Waals surface area contributed by atoms with Crippen LogP contribution in [0.1, 0.15) is 97.3 Å². The number of benzene rings is 3. The predicted octanol–water partition coefficient (Wildman–Crippen LogP) is 5.58. The molecule has 3 aliphatic rings. The Morgan fingerprint density at radius 2 is 1.36 bits per heavy atom. The minimum absolute atomic E-state index is 0.000584. The van der Waals surface area contributed by atoms with Gasteiger partial charge in [-0.05, 0) is 79.5 Å². The van der Waals surface area contributed by atoms with Crippen LogP contribution in [0.2, 0.25) is 0 Å². The van der Waals surface area contributed by atoms with Crippen LogP contribution >= 0.6 is 0 Å². The Kier molecular flexibility index (Phi) is 15.0. The zero-order chi connectivity index (χ0) is 41.1. The summed E-state index contributed by atoms with van der Waals surface area (Å²) in [6.07, 6.45) is 6.16. The summed E-state index contributed by atoms with van der Waals surface area (Å²) >= 11 is 0. The molecule has 2 bridgehead atoms. The smallest absolute Gasteiger partial charge is 0.255 e. The molecule has 2 fully saturated rings. The molecule has 3 atom stereocenters. The van der Waals surface area contributed by atoms with Gasteiger partial charge in [-0.3, -0.25) is 14.4 Å². The molecule has 12 heteroatoms. The summed E-state index contributed by atoms with van der Waals surface area (Å²) in [7, 11) is 0. The van der Waals surface area contributed by atoms with E-state index in [9.17, 15) is 14.4 Å². The van der Waals surface area contributed by atoms with E-state index >= 15 is 0 Å². The Labute approximate surface area is 342 Å². The van der Waals surface area contributed by atoms with Gasteiger partial charge in [0.05, 0.1) is 63.1 Å². The Bertz CT molecular complexity index is 1900. The van der Waals surface area contributed by atoms with Crippen LogP contribution in [0.4, 0.5) is 0 Å². The summed E-state index contributed by atoms with van der Waals surface area (Å²) in [5.41, 5.74) is 17.1. The van der Waals surface area contributed by atoms with Crippen molar-refractivity contribution in [1.82, 2.24) is 10.3 Å². The van der Waals surface area contributed by atoms with Crippen LogP contribution in [0.5, 0.6) is 5.75 Å². The summed E-state index contributed by atoms with van der Waals surface area (Å²) in [4.78, 5) is 38.4. The van der Waals surface area contributed by atoms with Gasteiger partial charge in [0.15, 0.2) is 0 Å². The number of hydrazine groups is 1. The monoisotopic (exact) mass is 795 g/mol. The molecular weight excluding hydrogens is 735 g/mol. The lowest BCUT2D eigenvalue weighted by molar-refractivity contribution is -0.124. The number of ketones is 1. The van der Waals surface area contributed by atoms with Crippen molar-refractivity contribution >= 4 is 29.0 Å². The molecule has 7 N–H and O–H groups in total. The zero-order valence-corrected chi connectivity index (χ0v) is 34.1. The van der Waals surface area contributed by atoms with Gasteiger partial charge in [-0.15, -0.1) is 0 Å². The molecule has 2 amide bonds. The molecule has 0 aromatic heterocycles. The van der Waals surface area contributed by atoms with Gasteiger partial charge in [0.25, 0.3) is 5.91 Å². The highest BCUT2D eigenvalue weighted by Crippen LogP contribution is 2.47. The Morgan fingerprint density at radius 1 is 0.759 bits per heavy atom. The number of ether oxygens (including phenoxy) is 4. The number of nitrogens with zero attached hydrogens (tertiary/aromatic N) is 1. The van der Waals surface area contributed by atoms with Crippen molar-refractivity contribution in [2.24, 2.45) is 35.1 Å². The molecule has 6 rings (SSSR count). The van der Waals surface area contributed by atoms with Crippen LogP contribution < -0.4 is 27.4 Å². The molecule has 0 heterocycles. The third-order valence-electron chi connectivity index (χ3n) is 11.7. The van der Waals surface area contributed by atoms with Gasteiger partial charge in [-0.1, -0.05) is 74.5 Å². The maximum absolute atomic E-state index is 13.5. The Balaban J connectivity index is 0.909. The van der Waals surface area contributed by atoms with E-state index in [0.717, 1.165) is 41.5 Å². The maximum Gasteiger partial charge on any atom is 0.255 e. The highest BCUT2D eigenvalue weighted by Gasteiger charge is 2.45. The third kappa shape index (κ3) is 11.0. The minimum Gasteiger partial charge on any atom is -0.490 e. The van der Waals surface area contributed by atoms with Gasteiger partial charge in [0, 0.05) is 35.4 Å². The van der Waals surface area contributed by atoms with Crippen LogP contribution in [0.3, 0.4) is 0 Å². The summed E-state index contributed by atoms with van der Waals surface area (Å²) in [5, 5.41) is 5.06. The Morgan fingerprint density at radius 3 is 2.07 bits per heavy atom. The average Bonchev–Trinajstić information content (AvgIpc) is 3.18. The largest absolute Gasteiger partial charge is 0.490 e. The summed E-state index contributed by atoms with van der Waals surface area (Å²) < 4.78 is 23.3. The van der Waals surface area contributed by atoms with Crippen molar-refractivity contribution in [2.75, 3.05) is 52.8 Å². The predicted molar refractivity (Wildman–Crippen MR) is 224 cm³/mol. The van der Waals surface area contributed by atoms with E-state index in [-0.39, 0.29) is 30.1 Å². The summed E-state index contributed by atoms with van der Waals surface area (Å²) in [6.45, 7) is 7.56. The molecule has 3 aliphatic carbocycles. The highest BCUT2D eigenvalue weighted by atomic mass is 16.6. The maximum atomic E-state index is 13.5. The number of fused-ring (bicyclic) bond motifs is 4. The van der Waals surface area contributed by atoms with Crippen molar-refractivity contribution in [2.45, 2.75) is 76.7 Å². The fourth-order valence-electron chi connectivity index (χ4n) is 9.57. The van der Waals surface area contributed by atoms with E-state index in [1.807, 2.05) is 72.8 Å². The fourth-order valence-corrected chi connectivity index (χ4v) is 9.57. The first-order valence-electron chi connectivity index (χ1n) is 20.8. The number of hydrogen-bond acceptors (Lipinski definition) is 10. The van der Waals surface area contributed by atoms with Crippen LogP contribution in [-0.4, -0.2) is 80.9 Å². The fraction of sp³-hybridized carbons (Fsp3) is 0.500. The SMILES string of the molecule is CC1CC2CC(C)CC(NC(=O)c3ccccc3OCCOCCOCCOCCN(N)/C3=C(\N)c4ccccc4C(C(=O)CCC(N)=O)Cc4ccccc43)(C1)C2. The lowest BCUT2D eigenvalue weighted by Gasteiger charge is -2.50. The van der Waals surface area contributed by atoms with Crippen molar-refractivity contribution in [3.8, 4) is 5.75 Å². The second-order valence-electron chi connectivity index (χ2n) is 16.5. The van der Waals surface area contributed by atoms with E-state index in [4.69, 9.17) is 36.3 Å². The molecule has 3 unspecified atom stereocenters. The van der Waals surface area contributed by atoms with E-state index in [1.54, 1.807) is 5.01 Å². The van der Waals surface area contributed by atoms with Gasteiger partial charge in [-0.2, -0.15) is 0 Å². The van der Waals surface area contributed by atoms with Crippen LogP contribution in [0.25, 0.3) is 11.4 Å². The molecule has 12 nitrogen and oxygen atoms in total. The molecular formula is C46H61N5O7. The summed E-state index contributed by atoms with van der Waals surface area (Å²) in [5.74, 6) is 8.05. The lowest BCUT2D eigenvalue weighted by atomic mass is 9.61. The number of amides is 2. The molecule has 3 aromatic carbocycles. The second kappa shape index (κ2) is 20.3. The van der Waals surface area contributed by atoms with Crippen molar-refractivity contribution in [1.29, 1.82) is 0 Å². The zero-order valence-electron chi connectivity index (χ0n) is 34.1. The quantitative estimate of drug-likeness (QED) is 0.0640. The molecule has 0 radical (unpaired) electrons. The lowest BCUT2D eigenvalue weighted by Crippen LogP contribution is -2.56. The van der Waals surface area contributed by atoms with Gasteiger partial charge in [0.1, 0.15) is 18.1 Å². The number of hydrogen-bond donors (Lipinski definition) is 4. The highest BCUT2D eigenvalue weighted by molar-refractivity contribution is 5.97. The average molecular weight is 796 g/mol. The van der Waals surface area contributed by atoms with Gasteiger partial charge >= 0.3 is 0 Å². The number of para-hydroxylation sites is 1. The second-order valence-corrected chi connectivity index (χ2v) is 16.5. The third-order valence-corrected chi connectivity index (χ3v) is 11.7. The van der Waals surface area contributed by atoms with E-state index in [1.165, 1.54) is 12.8 Å². The standard InChI is InChI=1S/C46H61N5O7/c1-31-25-33-26-32(2)29-46(28-31,30-33)50-45(54)38-13-7-8-14-41(38)58-24-23-57-22-21-56-20-19-55-18-17-51(49)44-35-10-4-3-9-34(35)27-39(40(52)15-16-42(47)53)36-11-5-6-12-37(36)43(44)48/h3-14,31-33,39H,15-30,48-49H2,1-2H3,(H2,47,53)(H,50,54)/b44-43-. The van der Waals surface area contributed by atoms with E-state index in [0.29, 0.717) is 99.7 Å². The van der Waals surface area contributed by atoms with Crippen molar-refractivity contribution in [3.05, 3.63) is 101 Å².